The number of benzene rings is 2. The molecule has 2 aromatic carbocycles. The van der Waals surface area contributed by atoms with E-state index in [1.165, 1.54) is 17.0 Å². The Bertz CT molecular complexity index is 849. The maximum Gasteiger partial charge on any atom is 0.387 e. The topological polar surface area (TPSA) is 60.0 Å². The maximum atomic E-state index is 12.3. The van der Waals surface area contributed by atoms with Crippen molar-refractivity contribution in [2.75, 3.05) is 26.8 Å². The first-order chi connectivity index (χ1) is 13.9. The summed E-state index contributed by atoms with van der Waals surface area (Å²) in [5, 5.41) is 3.32. The lowest BCUT2D eigenvalue weighted by Gasteiger charge is -2.21. The Balaban J connectivity index is 1.47. The van der Waals surface area contributed by atoms with Gasteiger partial charge >= 0.3 is 12.6 Å². The molecule has 0 fully saturated rings. The quantitative estimate of drug-likeness (QED) is 0.724. The van der Waals surface area contributed by atoms with E-state index in [1.54, 1.807) is 25.2 Å². The second-order valence-electron chi connectivity index (χ2n) is 6.46. The van der Waals surface area contributed by atoms with Crippen molar-refractivity contribution in [1.82, 2.24) is 10.2 Å². The van der Waals surface area contributed by atoms with Crippen LogP contribution in [0.2, 0.25) is 5.02 Å². The van der Waals surface area contributed by atoms with E-state index in [0.717, 1.165) is 11.1 Å². The molecule has 1 N–H and O–H groups in total. The average molecular weight is 427 g/mol. The van der Waals surface area contributed by atoms with Crippen LogP contribution in [0, 0.1) is 0 Å². The molecule has 3 rings (SSSR count). The van der Waals surface area contributed by atoms with E-state index in [1.807, 2.05) is 6.07 Å². The van der Waals surface area contributed by atoms with Gasteiger partial charge in [0.15, 0.2) is 11.5 Å². The first-order valence-electron chi connectivity index (χ1n) is 9.03. The van der Waals surface area contributed by atoms with Crippen LogP contribution in [0.5, 0.6) is 17.2 Å². The number of carbonyl (C=O) groups is 1. The van der Waals surface area contributed by atoms with Crippen LogP contribution in [0.4, 0.5) is 13.6 Å². The van der Waals surface area contributed by atoms with Gasteiger partial charge in [-0.05, 0) is 41.8 Å². The van der Waals surface area contributed by atoms with E-state index < -0.39 is 6.61 Å². The Kier molecular flexibility index (Phi) is 6.98. The molecule has 0 spiro atoms. The van der Waals surface area contributed by atoms with Gasteiger partial charge < -0.3 is 24.4 Å². The van der Waals surface area contributed by atoms with Crippen LogP contribution in [0.25, 0.3) is 0 Å². The SMILES string of the molecule is CN(Cc1ccc(OC(F)F)cc1)C(=O)NCCc1cc(Cl)c2c(c1)OCCO2. The molecular formula is C20H21ClF2N2O4. The number of amides is 2. The minimum atomic E-state index is -2.86. The van der Waals surface area contributed by atoms with Gasteiger partial charge in [-0.15, -0.1) is 0 Å². The Morgan fingerprint density at radius 1 is 1.21 bits per heavy atom. The molecule has 156 valence electrons. The van der Waals surface area contributed by atoms with Gasteiger partial charge in [-0.25, -0.2) is 4.79 Å². The molecule has 0 aliphatic carbocycles. The minimum absolute atomic E-state index is 0.0777. The van der Waals surface area contributed by atoms with E-state index in [4.69, 9.17) is 21.1 Å². The van der Waals surface area contributed by atoms with Crippen molar-refractivity contribution in [2.45, 2.75) is 19.6 Å². The molecule has 2 amide bonds. The van der Waals surface area contributed by atoms with Gasteiger partial charge in [0.05, 0.1) is 5.02 Å². The van der Waals surface area contributed by atoms with E-state index in [9.17, 15) is 13.6 Å². The third-order valence-electron chi connectivity index (χ3n) is 4.26. The van der Waals surface area contributed by atoms with Crippen LogP contribution in [0.3, 0.4) is 0 Å². The Morgan fingerprint density at radius 2 is 1.93 bits per heavy atom. The fourth-order valence-corrected chi connectivity index (χ4v) is 3.17. The molecule has 9 heteroatoms. The Morgan fingerprint density at radius 3 is 2.66 bits per heavy atom. The molecule has 0 unspecified atom stereocenters. The molecule has 1 aliphatic heterocycles. The first-order valence-corrected chi connectivity index (χ1v) is 9.41. The van der Waals surface area contributed by atoms with Crippen molar-refractivity contribution in [2.24, 2.45) is 0 Å². The predicted octanol–water partition coefficient (Wildman–Crippen LogP) is 4.10. The van der Waals surface area contributed by atoms with Crippen LogP contribution < -0.4 is 19.5 Å². The minimum Gasteiger partial charge on any atom is -0.486 e. The van der Waals surface area contributed by atoms with Crippen molar-refractivity contribution in [3.8, 4) is 17.2 Å². The van der Waals surface area contributed by atoms with Crippen molar-refractivity contribution in [3.63, 3.8) is 0 Å². The molecule has 0 saturated carbocycles. The summed E-state index contributed by atoms with van der Waals surface area (Å²) in [6.45, 7) is -1.17. The lowest BCUT2D eigenvalue weighted by Crippen LogP contribution is -2.37. The molecule has 0 bridgehead atoms. The molecule has 29 heavy (non-hydrogen) atoms. The maximum absolute atomic E-state index is 12.3. The summed E-state index contributed by atoms with van der Waals surface area (Å²) < 4.78 is 39.7. The number of hydrogen-bond donors (Lipinski definition) is 1. The second kappa shape index (κ2) is 9.65. The molecule has 0 atom stereocenters. The Hall–Kier alpha value is -2.74. The van der Waals surface area contributed by atoms with Gasteiger partial charge in [0.25, 0.3) is 0 Å². The summed E-state index contributed by atoms with van der Waals surface area (Å²) in [4.78, 5) is 13.8. The van der Waals surface area contributed by atoms with E-state index in [2.05, 4.69) is 10.1 Å². The van der Waals surface area contributed by atoms with Crippen LogP contribution >= 0.6 is 11.6 Å². The normalized spacial score (nSPS) is 12.6. The molecule has 0 saturated heterocycles. The molecule has 1 aliphatic rings. The van der Waals surface area contributed by atoms with Gasteiger partial charge in [-0.1, -0.05) is 23.7 Å². The fourth-order valence-electron chi connectivity index (χ4n) is 2.88. The number of carbonyl (C=O) groups excluding carboxylic acids is 1. The highest BCUT2D eigenvalue weighted by Crippen LogP contribution is 2.38. The van der Waals surface area contributed by atoms with Crippen LogP contribution in [0.1, 0.15) is 11.1 Å². The van der Waals surface area contributed by atoms with Crippen molar-refractivity contribution in [3.05, 3.63) is 52.5 Å². The van der Waals surface area contributed by atoms with E-state index >= 15 is 0 Å². The van der Waals surface area contributed by atoms with Crippen molar-refractivity contribution < 1.29 is 27.8 Å². The largest absolute Gasteiger partial charge is 0.486 e. The van der Waals surface area contributed by atoms with Crippen molar-refractivity contribution in [1.29, 1.82) is 0 Å². The summed E-state index contributed by atoms with van der Waals surface area (Å²) >= 11 is 6.22. The number of halogens is 3. The first kappa shape index (κ1) is 21.0. The number of nitrogens with one attached hydrogen (secondary N) is 1. The number of fused-ring (bicyclic) bond motifs is 1. The molecule has 2 aromatic rings. The van der Waals surface area contributed by atoms with Crippen LogP contribution in [-0.4, -0.2) is 44.3 Å². The van der Waals surface area contributed by atoms with Gasteiger partial charge in [0, 0.05) is 20.1 Å². The van der Waals surface area contributed by atoms with Crippen molar-refractivity contribution >= 4 is 17.6 Å². The average Bonchev–Trinajstić information content (AvgIpc) is 2.69. The second-order valence-corrected chi connectivity index (χ2v) is 6.87. The molecule has 1 heterocycles. The van der Waals surface area contributed by atoms with E-state index in [0.29, 0.717) is 49.2 Å². The summed E-state index contributed by atoms with van der Waals surface area (Å²) in [6.07, 6.45) is 0.579. The molecular weight excluding hydrogens is 406 g/mol. The van der Waals surface area contributed by atoms with Crippen LogP contribution in [0.15, 0.2) is 36.4 Å². The monoisotopic (exact) mass is 426 g/mol. The lowest BCUT2D eigenvalue weighted by molar-refractivity contribution is -0.0498. The highest BCUT2D eigenvalue weighted by atomic mass is 35.5. The zero-order valence-corrected chi connectivity index (χ0v) is 16.5. The number of alkyl halides is 2. The van der Waals surface area contributed by atoms with Gasteiger partial charge in [0.2, 0.25) is 0 Å². The highest BCUT2D eigenvalue weighted by molar-refractivity contribution is 6.32. The summed E-state index contributed by atoms with van der Waals surface area (Å²) in [5.74, 6) is 1.24. The van der Waals surface area contributed by atoms with E-state index in [-0.39, 0.29) is 11.8 Å². The number of rotatable bonds is 7. The third kappa shape index (κ3) is 5.87. The lowest BCUT2D eigenvalue weighted by atomic mass is 10.1. The Labute approximate surface area is 172 Å². The molecule has 0 radical (unpaired) electrons. The third-order valence-corrected chi connectivity index (χ3v) is 4.54. The van der Waals surface area contributed by atoms with Crippen LogP contribution in [-0.2, 0) is 13.0 Å². The number of urea groups is 1. The van der Waals surface area contributed by atoms with Gasteiger partial charge in [0.1, 0.15) is 19.0 Å². The zero-order chi connectivity index (χ0) is 20.8. The smallest absolute Gasteiger partial charge is 0.387 e. The highest BCUT2D eigenvalue weighted by Gasteiger charge is 2.17. The summed E-state index contributed by atoms with van der Waals surface area (Å²) in [7, 11) is 1.65. The molecule has 6 nitrogen and oxygen atoms in total. The number of nitrogens with zero attached hydrogens (tertiary/aromatic N) is 1. The number of hydrogen-bond acceptors (Lipinski definition) is 4. The standard InChI is InChI=1S/C20H21ClF2N2O4/c1-25(12-13-2-4-15(5-3-13)29-19(22)23)20(26)24-7-6-14-10-16(21)18-17(11-14)27-8-9-28-18/h2-5,10-11,19H,6-9,12H2,1H3,(H,24,26). The summed E-state index contributed by atoms with van der Waals surface area (Å²) in [5.41, 5.74) is 1.72. The predicted molar refractivity (Wildman–Crippen MR) is 104 cm³/mol. The summed E-state index contributed by atoms with van der Waals surface area (Å²) in [6, 6.07) is 9.57. The van der Waals surface area contributed by atoms with Gasteiger partial charge in [-0.2, -0.15) is 8.78 Å². The fraction of sp³-hybridized carbons (Fsp3) is 0.350. The molecule has 0 aromatic heterocycles. The van der Waals surface area contributed by atoms with Gasteiger partial charge in [-0.3, -0.25) is 0 Å². The zero-order valence-electron chi connectivity index (χ0n) is 15.8. The number of ether oxygens (including phenoxy) is 3.